The molecule has 158 valence electrons. The summed E-state index contributed by atoms with van der Waals surface area (Å²) in [6, 6.07) is 9.82. The van der Waals surface area contributed by atoms with Crippen LogP contribution in [0.3, 0.4) is 0 Å². The molecule has 3 rings (SSSR count). The van der Waals surface area contributed by atoms with Crippen LogP contribution in [0.15, 0.2) is 36.4 Å². The number of fused-ring (bicyclic) bond motifs is 1. The van der Waals surface area contributed by atoms with E-state index in [4.69, 9.17) is 37.8 Å². The molecule has 0 aliphatic heterocycles. The average Bonchev–Trinajstić information content (AvgIpc) is 2.70. The van der Waals surface area contributed by atoms with E-state index in [1.807, 2.05) is 6.92 Å². The highest BCUT2D eigenvalue weighted by Gasteiger charge is 2.23. The molecule has 1 N–H and O–H groups in total. The summed E-state index contributed by atoms with van der Waals surface area (Å²) in [7, 11) is 0. The first kappa shape index (κ1) is 22.1. The van der Waals surface area contributed by atoms with Gasteiger partial charge in [-0.1, -0.05) is 42.3 Å². The topological polar surface area (TPSA) is 68.7 Å². The molecule has 3 aromatic rings. The third kappa shape index (κ3) is 4.91. The van der Waals surface area contributed by atoms with Crippen LogP contribution in [0.2, 0.25) is 10.0 Å². The molecule has 0 saturated heterocycles. The van der Waals surface area contributed by atoms with Crippen molar-refractivity contribution >= 4 is 40.1 Å². The van der Waals surface area contributed by atoms with Crippen LogP contribution in [0.5, 0.6) is 11.5 Å². The molecule has 0 atom stereocenters. The molecular weight excluding hydrogens is 439 g/mol. The van der Waals surface area contributed by atoms with Crippen LogP contribution in [-0.4, -0.2) is 29.3 Å². The summed E-state index contributed by atoms with van der Waals surface area (Å²) in [5.41, 5.74) is 1.98. The largest absolute Gasteiger partial charge is 0.481 e. The molecule has 9 heteroatoms. The van der Waals surface area contributed by atoms with Gasteiger partial charge in [0, 0.05) is 22.7 Å². The van der Waals surface area contributed by atoms with Crippen LogP contribution in [0, 0.1) is 0 Å². The van der Waals surface area contributed by atoms with Crippen molar-refractivity contribution in [1.82, 2.24) is 4.98 Å². The Bertz CT molecular complexity index is 1080. The summed E-state index contributed by atoms with van der Waals surface area (Å²) in [6.07, 6.45) is 0.686. The quantitative estimate of drug-likeness (QED) is 0.467. The molecule has 0 bridgehead atoms. The van der Waals surface area contributed by atoms with E-state index in [0.717, 1.165) is 5.56 Å². The Hall–Kier alpha value is -2.64. The summed E-state index contributed by atoms with van der Waals surface area (Å²) in [5, 5.41) is 9.80. The lowest BCUT2D eigenvalue weighted by Crippen LogP contribution is -2.12. The number of ether oxygens (including phenoxy) is 2. The third-order valence-corrected chi connectivity index (χ3v) is 4.93. The predicted molar refractivity (Wildman–Crippen MR) is 110 cm³/mol. The number of carboxylic acids is 1. The van der Waals surface area contributed by atoms with Crippen molar-refractivity contribution in [2.45, 2.75) is 26.4 Å². The number of pyridine rings is 1. The number of alkyl halides is 2. The van der Waals surface area contributed by atoms with Crippen molar-refractivity contribution in [3.8, 4) is 11.5 Å². The fourth-order valence-electron chi connectivity index (χ4n) is 3.12. The molecule has 30 heavy (non-hydrogen) atoms. The van der Waals surface area contributed by atoms with Crippen LogP contribution >= 0.6 is 23.2 Å². The van der Waals surface area contributed by atoms with E-state index in [2.05, 4.69) is 4.98 Å². The highest BCUT2D eigenvalue weighted by Crippen LogP contribution is 2.42. The van der Waals surface area contributed by atoms with Gasteiger partial charge in [0.2, 0.25) is 0 Å². The zero-order valence-corrected chi connectivity index (χ0v) is 17.3. The minimum absolute atomic E-state index is 0.0416. The van der Waals surface area contributed by atoms with Crippen LogP contribution in [-0.2, 0) is 17.6 Å². The van der Waals surface area contributed by atoms with Gasteiger partial charge in [0.05, 0.1) is 15.9 Å². The van der Waals surface area contributed by atoms with Gasteiger partial charge in [0.25, 0.3) is 0 Å². The molecule has 1 heterocycles. The van der Waals surface area contributed by atoms with E-state index in [1.54, 1.807) is 24.3 Å². The number of benzene rings is 2. The zero-order valence-electron chi connectivity index (χ0n) is 15.8. The third-order valence-electron chi connectivity index (χ3n) is 4.37. The predicted octanol–water partition coefficient (Wildman–Crippen LogP) is 5.76. The zero-order chi connectivity index (χ0) is 21.8. The Morgan fingerprint density at radius 3 is 2.47 bits per heavy atom. The first-order valence-electron chi connectivity index (χ1n) is 8.98. The Morgan fingerprint density at radius 1 is 1.17 bits per heavy atom. The maximum Gasteiger partial charge on any atom is 0.387 e. The van der Waals surface area contributed by atoms with Gasteiger partial charge in [-0.3, -0.25) is 4.98 Å². The normalized spacial score (nSPS) is 11.1. The van der Waals surface area contributed by atoms with Gasteiger partial charge in [-0.2, -0.15) is 8.78 Å². The molecule has 2 aromatic carbocycles. The van der Waals surface area contributed by atoms with Gasteiger partial charge in [-0.25, -0.2) is 4.79 Å². The second-order valence-corrected chi connectivity index (χ2v) is 7.20. The minimum Gasteiger partial charge on any atom is -0.481 e. The van der Waals surface area contributed by atoms with Gasteiger partial charge in [-0.15, -0.1) is 0 Å². The molecule has 0 saturated carbocycles. The Kier molecular flexibility index (Phi) is 6.95. The van der Waals surface area contributed by atoms with E-state index in [0.29, 0.717) is 22.7 Å². The summed E-state index contributed by atoms with van der Waals surface area (Å²) in [5.74, 6) is -1.31. The Labute approximate surface area is 181 Å². The van der Waals surface area contributed by atoms with Crippen LogP contribution in [0.25, 0.3) is 10.9 Å². The maximum atomic E-state index is 13.4. The first-order chi connectivity index (χ1) is 14.3. The fourth-order valence-corrected chi connectivity index (χ4v) is 3.45. The number of aromatic nitrogens is 1. The molecular formula is C21H17Cl2F2NO4. The number of hydrogen-bond acceptors (Lipinski definition) is 4. The lowest BCUT2D eigenvalue weighted by Gasteiger charge is -2.19. The van der Waals surface area contributed by atoms with Crippen LogP contribution in [0.1, 0.15) is 23.7 Å². The number of carboxylic acid groups (broad SMARTS) is 1. The van der Waals surface area contributed by atoms with Gasteiger partial charge in [-0.05, 0) is 36.2 Å². The highest BCUT2D eigenvalue weighted by molar-refractivity contribution is 6.35. The standard InChI is InChI=1S/C21H17Cl2F2NO4/c1-2-15-13(9-11-3-5-12(22)6-4-11)20(30-21(24)25)18-16(29-10-17(27)28)8-7-14(23)19(18)26-15/h3-8,21H,2,9-10H2,1H3,(H,27,28). The molecule has 0 spiro atoms. The van der Waals surface area contributed by atoms with E-state index in [-0.39, 0.29) is 33.8 Å². The minimum atomic E-state index is -3.12. The molecule has 1 aromatic heterocycles. The summed E-state index contributed by atoms with van der Waals surface area (Å²) < 4.78 is 37.0. The second-order valence-electron chi connectivity index (χ2n) is 6.35. The lowest BCUT2D eigenvalue weighted by molar-refractivity contribution is -0.139. The summed E-state index contributed by atoms with van der Waals surface area (Å²) in [4.78, 5) is 15.5. The molecule has 0 fully saturated rings. The SMILES string of the molecule is CCc1nc2c(Cl)ccc(OCC(=O)O)c2c(OC(F)F)c1Cc1ccc(Cl)cc1. The van der Waals surface area contributed by atoms with E-state index in [1.165, 1.54) is 12.1 Å². The molecule has 0 amide bonds. The lowest BCUT2D eigenvalue weighted by atomic mass is 9.98. The van der Waals surface area contributed by atoms with Crippen molar-refractivity contribution in [2.75, 3.05) is 6.61 Å². The van der Waals surface area contributed by atoms with Gasteiger partial charge >= 0.3 is 12.6 Å². The van der Waals surface area contributed by atoms with Crippen molar-refractivity contribution in [3.63, 3.8) is 0 Å². The van der Waals surface area contributed by atoms with E-state index >= 15 is 0 Å². The van der Waals surface area contributed by atoms with E-state index in [9.17, 15) is 13.6 Å². The number of rotatable bonds is 8. The number of carbonyl (C=O) groups is 1. The number of hydrogen-bond donors (Lipinski definition) is 1. The highest BCUT2D eigenvalue weighted by atomic mass is 35.5. The van der Waals surface area contributed by atoms with Crippen LogP contribution in [0.4, 0.5) is 8.78 Å². The second kappa shape index (κ2) is 9.45. The van der Waals surface area contributed by atoms with Crippen molar-refractivity contribution < 1.29 is 28.2 Å². The van der Waals surface area contributed by atoms with Gasteiger partial charge in [0.15, 0.2) is 6.61 Å². The molecule has 0 radical (unpaired) electrons. The number of halogens is 4. The Balaban J connectivity index is 2.27. The molecule has 0 aliphatic rings. The summed E-state index contributed by atoms with van der Waals surface area (Å²) in [6.45, 7) is -1.94. The average molecular weight is 456 g/mol. The maximum absolute atomic E-state index is 13.4. The Morgan fingerprint density at radius 2 is 1.87 bits per heavy atom. The first-order valence-corrected chi connectivity index (χ1v) is 9.73. The van der Waals surface area contributed by atoms with Gasteiger partial charge in [0.1, 0.15) is 11.5 Å². The molecule has 0 unspecified atom stereocenters. The van der Waals surface area contributed by atoms with Crippen LogP contribution < -0.4 is 9.47 Å². The van der Waals surface area contributed by atoms with Crippen molar-refractivity contribution in [1.29, 1.82) is 0 Å². The van der Waals surface area contributed by atoms with Gasteiger partial charge < -0.3 is 14.6 Å². The summed E-state index contributed by atoms with van der Waals surface area (Å²) >= 11 is 12.2. The number of aliphatic carboxylic acids is 1. The van der Waals surface area contributed by atoms with Crippen molar-refractivity contribution in [2.24, 2.45) is 0 Å². The fraction of sp³-hybridized carbons (Fsp3) is 0.238. The van der Waals surface area contributed by atoms with Crippen molar-refractivity contribution in [3.05, 3.63) is 63.3 Å². The number of nitrogens with zero attached hydrogens (tertiary/aromatic N) is 1. The smallest absolute Gasteiger partial charge is 0.387 e. The molecule has 0 aliphatic carbocycles. The molecule has 5 nitrogen and oxygen atoms in total. The monoisotopic (exact) mass is 455 g/mol. The van der Waals surface area contributed by atoms with E-state index < -0.39 is 19.2 Å². The number of aryl methyl sites for hydroxylation is 1.